The van der Waals surface area contributed by atoms with E-state index in [9.17, 15) is 9.59 Å². The fourth-order valence-corrected chi connectivity index (χ4v) is 3.64. The summed E-state index contributed by atoms with van der Waals surface area (Å²) in [4.78, 5) is 25.8. The predicted octanol–water partition coefficient (Wildman–Crippen LogP) is 2.24. The molecule has 0 radical (unpaired) electrons. The molecule has 130 valence electrons. The zero-order valence-electron chi connectivity index (χ0n) is 13.9. The number of isocyanates is 1. The Bertz CT molecular complexity index is 404. The first-order valence-corrected chi connectivity index (χ1v) is 8.91. The largest absolute Gasteiger partial charge is 0.381 e. The van der Waals surface area contributed by atoms with Crippen molar-refractivity contribution >= 4 is 12.1 Å². The number of ether oxygens (including phenoxy) is 1. The first kappa shape index (κ1) is 18.0. The van der Waals surface area contributed by atoms with E-state index in [0.717, 1.165) is 64.7 Å². The molecule has 2 N–H and O–H groups in total. The lowest BCUT2D eigenvalue weighted by molar-refractivity contribution is 0.0642. The van der Waals surface area contributed by atoms with Gasteiger partial charge < -0.3 is 15.4 Å². The molecule has 1 saturated carbocycles. The molecule has 2 rings (SSSR count). The Kier molecular flexibility index (Phi) is 8.12. The number of carbonyl (C=O) groups is 1. The van der Waals surface area contributed by atoms with Crippen molar-refractivity contribution in [2.75, 3.05) is 32.8 Å². The summed E-state index contributed by atoms with van der Waals surface area (Å²) in [7, 11) is 0. The Labute approximate surface area is 138 Å². The monoisotopic (exact) mass is 323 g/mol. The van der Waals surface area contributed by atoms with Crippen LogP contribution in [0.15, 0.2) is 4.99 Å². The van der Waals surface area contributed by atoms with Crippen molar-refractivity contribution in [1.82, 2.24) is 10.6 Å². The number of rotatable bonds is 7. The van der Waals surface area contributed by atoms with Gasteiger partial charge in [0.05, 0.1) is 6.54 Å². The third kappa shape index (κ3) is 7.14. The second kappa shape index (κ2) is 10.4. The molecule has 2 atom stereocenters. The molecule has 0 bridgehead atoms. The van der Waals surface area contributed by atoms with Crippen LogP contribution in [0.2, 0.25) is 0 Å². The Morgan fingerprint density at radius 3 is 2.65 bits per heavy atom. The summed E-state index contributed by atoms with van der Waals surface area (Å²) in [6.45, 7) is 3.74. The molecule has 1 saturated heterocycles. The fourth-order valence-electron chi connectivity index (χ4n) is 3.64. The number of aliphatic imine (C=N–C) groups is 1. The molecule has 2 amide bonds. The van der Waals surface area contributed by atoms with Crippen LogP contribution in [0.5, 0.6) is 0 Å². The van der Waals surface area contributed by atoms with Gasteiger partial charge in [-0.05, 0) is 56.3 Å². The molecule has 0 aromatic carbocycles. The van der Waals surface area contributed by atoms with Gasteiger partial charge in [-0.15, -0.1) is 0 Å². The third-order valence-corrected chi connectivity index (χ3v) is 5.04. The molecule has 0 aromatic heterocycles. The Morgan fingerprint density at radius 2 is 1.87 bits per heavy atom. The molecular weight excluding hydrogens is 294 g/mol. The van der Waals surface area contributed by atoms with E-state index in [1.807, 2.05) is 0 Å². The highest BCUT2D eigenvalue weighted by Gasteiger charge is 2.22. The minimum Gasteiger partial charge on any atom is -0.381 e. The van der Waals surface area contributed by atoms with Crippen molar-refractivity contribution in [3.05, 3.63) is 0 Å². The van der Waals surface area contributed by atoms with Crippen molar-refractivity contribution in [2.45, 2.75) is 44.9 Å². The van der Waals surface area contributed by atoms with Gasteiger partial charge in [0.2, 0.25) is 6.08 Å². The lowest BCUT2D eigenvalue weighted by Crippen LogP contribution is -2.40. The van der Waals surface area contributed by atoms with Gasteiger partial charge in [-0.25, -0.2) is 14.6 Å². The first-order chi connectivity index (χ1) is 11.3. The normalized spacial score (nSPS) is 25.4. The van der Waals surface area contributed by atoms with Gasteiger partial charge in [0, 0.05) is 26.3 Å². The van der Waals surface area contributed by atoms with Gasteiger partial charge in [0.1, 0.15) is 0 Å². The molecule has 6 nitrogen and oxygen atoms in total. The average molecular weight is 323 g/mol. The summed E-state index contributed by atoms with van der Waals surface area (Å²) in [5.74, 6) is 1.65. The zero-order valence-corrected chi connectivity index (χ0v) is 13.9. The van der Waals surface area contributed by atoms with E-state index in [0.29, 0.717) is 30.8 Å². The van der Waals surface area contributed by atoms with E-state index >= 15 is 0 Å². The molecule has 2 fully saturated rings. The summed E-state index contributed by atoms with van der Waals surface area (Å²) >= 11 is 0. The highest BCUT2D eigenvalue weighted by Crippen LogP contribution is 2.28. The SMILES string of the molecule is O=C=NCC1CCCC(CNC(=O)NCCC2CCOCC2)C1. The Morgan fingerprint density at radius 1 is 1.09 bits per heavy atom. The molecule has 23 heavy (non-hydrogen) atoms. The fraction of sp³-hybridized carbons (Fsp3) is 0.882. The molecule has 2 aliphatic rings. The topological polar surface area (TPSA) is 79.8 Å². The van der Waals surface area contributed by atoms with Crippen LogP contribution in [0.4, 0.5) is 4.79 Å². The van der Waals surface area contributed by atoms with E-state index in [1.54, 1.807) is 6.08 Å². The zero-order chi connectivity index (χ0) is 16.3. The van der Waals surface area contributed by atoms with Gasteiger partial charge in [0.25, 0.3) is 0 Å². The molecule has 6 heteroatoms. The maximum atomic E-state index is 11.9. The number of carbonyl (C=O) groups excluding carboxylic acids is 2. The summed E-state index contributed by atoms with van der Waals surface area (Å²) in [5.41, 5.74) is 0. The van der Waals surface area contributed by atoms with Crippen LogP contribution in [0.1, 0.15) is 44.9 Å². The minimum atomic E-state index is -0.0647. The lowest BCUT2D eigenvalue weighted by atomic mass is 9.81. The van der Waals surface area contributed by atoms with Gasteiger partial charge in [-0.3, -0.25) is 0 Å². The number of hydrogen-bond donors (Lipinski definition) is 2. The maximum absolute atomic E-state index is 11.9. The quantitative estimate of drug-likeness (QED) is 0.557. The summed E-state index contributed by atoms with van der Waals surface area (Å²) in [5, 5.41) is 5.94. The van der Waals surface area contributed by atoms with Crippen LogP contribution >= 0.6 is 0 Å². The highest BCUT2D eigenvalue weighted by molar-refractivity contribution is 5.73. The van der Waals surface area contributed by atoms with E-state index < -0.39 is 0 Å². The van der Waals surface area contributed by atoms with Gasteiger partial charge in [-0.1, -0.05) is 6.42 Å². The van der Waals surface area contributed by atoms with Crippen molar-refractivity contribution in [3.63, 3.8) is 0 Å². The molecule has 2 unspecified atom stereocenters. The van der Waals surface area contributed by atoms with Crippen molar-refractivity contribution in [1.29, 1.82) is 0 Å². The average Bonchev–Trinajstić information content (AvgIpc) is 2.59. The van der Waals surface area contributed by atoms with Crippen molar-refractivity contribution < 1.29 is 14.3 Å². The second-order valence-corrected chi connectivity index (χ2v) is 6.81. The second-order valence-electron chi connectivity index (χ2n) is 6.81. The standard InChI is InChI=1S/C17H29N3O3/c21-13-18-11-15-2-1-3-16(10-15)12-20-17(22)19-7-4-14-5-8-23-9-6-14/h14-16H,1-12H2,(H2,19,20,22). The minimum absolute atomic E-state index is 0.0647. The van der Waals surface area contributed by atoms with Crippen LogP contribution in [0, 0.1) is 17.8 Å². The lowest BCUT2D eigenvalue weighted by Gasteiger charge is -2.28. The van der Waals surface area contributed by atoms with Crippen LogP contribution in [-0.4, -0.2) is 45.0 Å². The molecule has 1 aliphatic carbocycles. The molecular formula is C17H29N3O3. The van der Waals surface area contributed by atoms with Crippen molar-refractivity contribution in [2.24, 2.45) is 22.7 Å². The Balaban J connectivity index is 1.55. The highest BCUT2D eigenvalue weighted by atomic mass is 16.5. The molecule has 1 aliphatic heterocycles. The number of nitrogens with one attached hydrogen (secondary N) is 2. The van der Waals surface area contributed by atoms with E-state index in [2.05, 4.69) is 15.6 Å². The number of amides is 2. The first-order valence-electron chi connectivity index (χ1n) is 8.91. The molecule has 0 aromatic rings. The predicted molar refractivity (Wildman–Crippen MR) is 88.0 cm³/mol. The molecule has 0 spiro atoms. The van der Waals surface area contributed by atoms with Gasteiger partial charge >= 0.3 is 6.03 Å². The van der Waals surface area contributed by atoms with Gasteiger partial charge in [-0.2, -0.15) is 0 Å². The summed E-state index contributed by atoms with van der Waals surface area (Å²) < 4.78 is 5.34. The maximum Gasteiger partial charge on any atom is 0.314 e. The number of urea groups is 1. The van der Waals surface area contributed by atoms with Gasteiger partial charge in [0.15, 0.2) is 0 Å². The number of hydrogen-bond acceptors (Lipinski definition) is 4. The van der Waals surface area contributed by atoms with E-state index in [-0.39, 0.29) is 6.03 Å². The van der Waals surface area contributed by atoms with E-state index in [1.165, 1.54) is 0 Å². The van der Waals surface area contributed by atoms with Crippen LogP contribution in [0.25, 0.3) is 0 Å². The number of nitrogens with zero attached hydrogens (tertiary/aromatic N) is 1. The summed E-state index contributed by atoms with van der Waals surface area (Å²) in [6.07, 6.45) is 9.32. The van der Waals surface area contributed by atoms with Crippen molar-refractivity contribution in [3.8, 4) is 0 Å². The van der Waals surface area contributed by atoms with Crippen LogP contribution < -0.4 is 10.6 Å². The third-order valence-electron chi connectivity index (χ3n) is 5.04. The van der Waals surface area contributed by atoms with E-state index in [4.69, 9.17) is 4.74 Å². The summed E-state index contributed by atoms with van der Waals surface area (Å²) in [6, 6.07) is -0.0647. The molecule has 1 heterocycles. The smallest absolute Gasteiger partial charge is 0.314 e. The van der Waals surface area contributed by atoms with Crippen LogP contribution in [-0.2, 0) is 9.53 Å². The Hall–Kier alpha value is -1.39. The van der Waals surface area contributed by atoms with Crippen LogP contribution in [0.3, 0.4) is 0 Å².